The number of esters is 1. The van der Waals surface area contributed by atoms with Crippen molar-refractivity contribution in [1.82, 2.24) is 4.98 Å². The van der Waals surface area contributed by atoms with Crippen LogP contribution in [0, 0.1) is 0 Å². The third-order valence-corrected chi connectivity index (χ3v) is 6.71. The zero-order valence-electron chi connectivity index (χ0n) is 14.1. The summed E-state index contributed by atoms with van der Waals surface area (Å²) in [6, 6.07) is 26.2. The van der Waals surface area contributed by atoms with Gasteiger partial charge in [-0.15, -0.1) is 0 Å². The van der Waals surface area contributed by atoms with E-state index >= 15 is 0 Å². The van der Waals surface area contributed by atoms with Crippen LogP contribution in [0.15, 0.2) is 85.1 Å². The molecule has 0 N–H and O–H groups in total. The molecule has 0 saturated heterocycles. The first-order valence-corrected chi connectivity index (χ1v) is 9.58. The highest BCUT2D eigenvalue weighted by Crippen LogP contribution is 2.41. The maximum atomic E-state index is 12.7. The molecule has 3 nitrogen and oxygen atoms in total. The third-order valence-electron chi connectivity index (χ3n) is 3.98. The normalized spacial score (nSPS) is 11.9. The number of carbonyl (C=O) groups is 1. The van der Waals surface area contributed by atoms with Crippen LogP contribution in [0.5, 0.6) is 0 Å². The first-order chi connectivity index (χ1) is 12.3. The Labute approximate surface area is 149 Å². The Morgan fingerprint density at radius 3 is 1.96 bits per heavy atom. The minimum Gasteiger partial charge on any atom is -0.469 e. The van der Waals surface area contributed by atoms with Gasteiger partial charge in [0, 0.05) is 18.3 Å². The Kier molecular flexibility index (Phi) is 5.92. The number of rotatable bonds is 6. The number of hydrogen-bond acceptors (Lipinski definition) is 3. The van der Waals surface area contributed by atoms with Crippen LogP contribution in [0.2, 0.25) is 0 Å². The van der Waals surface area contributed by atoms with Gasteiger partial charge < -0.3 is 4.74 Å². The lowest BCUT2D eigenvalue weighted by Crippen LogP contribution is -2.31. The molecule has 2 aromatic carbocycles. The molecule has 4 heteroatoms. The van der Waals surface area contributed by atoms with Gasteiger partial charge in [0.1, 0.15) is 0 Å². The highest BCUT2D eigenvalue weighted by atomic mass is 31.1. The number of nitrogens with zero attached hydrogens (tertiary/aromatic N) is 1. The summed E-state index contributed by atoms with van der Waals surface area (Å²) in [5, 5.41) is 2.32. The Balaban J connectivity index is 2.05. The number of ether oxygens (including phenoxy) is 1. The number of pyridine rings is 1. The van der Waals surface area contributed by atoms with Gasteiger partial charge >= 0.3 is 5.97 Å². The van der Waals surface area contributed by atoms with Crippen LogP contribution >= 0.6 is 7.92 Å². The van der Waals surface area contributed by atoms with Crippen molar-refractivity contribution in [3.05, 3.63) is 90.8 Å². The average molecular weight is 349 g/mol. The van der Waals surface area contributed by atoms with E-state index in [1.54, 1.807) is 6.20 Å². The Hall–Kier alpha value is -2.51. The highest BCUT2D eigenvalue weighted by Gasteiger charge is 2.32. The molecule has 3 rings (SSSR count). The lowest BCUT2D eigenvalue weighted by atomic mass is 10.2. The van der Waals surface area contributed by atoms with Crippen molar-refractivity contribution >= 4 is 24.5 Å². The summed E-state index contributed by atoms with van der Waals surface area (Å²) >= 11 is 0. The zero-order valence-corrected chi connectivity index (χ0v) is 15.0. The van der Waals surface area contributed by atoms with Crippen molar-refractivity contribution < 1.29 is 9.53 Å². The van der Waals surface area contributed by atoms with E-state index in [-0.39, 0.29) is 11.6 Å². The summed E-state index contributed by atoms with van der Waals surface area (Å²) in [6.07, 6.45) is 2.32. The van der Waals surface area contributed by atoms with E-state index in [0.717, 1.165) is 16.3 Å². The lowest BCUT2D eigenvalue weighted by molar-refractivity contribution is -0.140. The minimum atomic E-state index is -0.898. The van der Waals surface area contributed by atoms with Gasteiger partial charge in [0.15, 0.2) is 0 Å². The molecule has 1 aromatic heterocycles. The molecule has 25 heavy (non-hydrogen) atoms. The van der Waals surface area contributed by atoms with Gasteiger partial charge in [0.05, 0.1) is 12.8 Å². The predicted octanol–water partition coefficient (Wildman–Crippen LogP) is 3.30. The van der Waals surface area contributed by atoms with Crippen LogP contribution in [0.1, 0.15) is 5.69 Å². The van der Waals surface area contributed by atoms with Gasteiger partial charge in [0.25, 0.3) is 0 Å². The second kappa shape index (κ2) is 8.55. The van der Waals surface area contributed by atoms with Crippen LogP contribution < -0.4 is 10.6 Å². The predicted molar refractivity (Wildman–Crippen MR) is 103 cm³/mol. The molecule has 3 aromatic rings. The zero-order chi connectivity index (χ0) is 17.5. The Morgan fingerprint density at radius 1 is 0.920 bits per heavy atom. The molecule has 0 saturated carbocycles. The molecule has 126 valence electrons. The van der Waals surface area contributed by atoms with Gasteiger partial charge in [-0.25, -0.2) is 0 Å². The Morgan fingerprint density at radius 2 is 1.48 bits per heavy atom. The smallest absolute Gasteiger partial charge is 0.314 e. The minimum absolute atomic E-state index is 0.190. The molecule has 0 radical (unpaired) electrons. The van der Waals surface area contributed by atoms with E-state index in [0.29, 0.717) is 6.42 Å². The first kappa shape index (κ1) is 17.3. The summed E-state index contributed by atoms with van der Waals surface area (Å²) in [7, 11) is 0.558. The van der Waals surface area contributed by atoms with Crippen LogP contribution in [0.4, 0.5) is 0 Å². The molecule has 0 fully saturated rings. The fourth-order valence-electron chi connectivity index (χ4n) is 2.82. The van der Waals surface area contributed by atoms with Gasteiger partial charge in [-0.2, -0.15) is 0 Å². The van der Waals surface area contributed by atoms with E-state index in [1.165, 1.54) is 7.11 Å². The van der Waals surface area contributed by atoms with Crippen molar-refractivity contribution in [1.29, 1.82) is 0 Å². The van der Waals surface area contributed by atoms with Gasteiger partial charge in [-0.3, -0.25) is 9.78 Å². The fraction of sp³-hybridized carbons (Fsp3) is 0.143. The second-order valence-corrected chi connectivity index (χ2v) is 8.00. The summed E-state index contributed by atoms with van der Waals surface area (Å²) in [6.45, 7) is 0. The maximum absolute atomic E-state index is 12.7. The van der Waals surface area contributed by atoms with E-state index in [9.17, 15) is 4.79 Å². The van der Waals surface area contributed by atoms with E-state index in [4.69, 9.17) is 4.74 Å². The summed E-state index contributed by atoms with van der Waals surface area (Å²) < 4.78 is 5.16. The molecular formula is C21H20NO2P. The van der Waals surface area contributed by atoms with Gasteiger partial charge in [-0.05, 0) is 30.7 Å². The van der Waals surface area contributed by atoms with Crippen molar-refractivity contribution in [2.24, 2.45) is 0 Å². The van der Waals surface area contributed by atoms with Crippen molar-refractivity contribution in [2.75, 3.05) is 7.11 Å². The number of hydrogen-bond donors (Lipinski definition) is 0. The largest absolute Gasteiger partial charge is 0.469 e. The SMILES string of the molecule is COC(=O)[C@H](Cc1ccccn1)P(c1ccccc1)c1ccccc1. The molecule has 0 spiro atoms. The van der Waals surface area contributed by atoms with E-state index in [1.807, 2.05) is 54.6 Å². The quantitative estimate of drug-likeness (QED) is 0.506. The van der Waals surface area contributed by atoms with Crippen molar-refractivity contribution in [3.8, 4) is 0 Å². The van der Waals surface area contributed by atoms with Gasteiger partial charge in [0.2, 0.25) is 0 Å². The third kappa shape index (κ3) is 4.32. The molecular weight excluding hydrogens is 329 g/mol. The number of benzene rings is 2. The molecule has 1 atom stereocenters. The average Bonchev–Trinajstić information content (AvgIpc) is 2.69. The first-order valence-electron chi connectivity index (χ1n) is 8.16. The monoisotopic (exact) mass is 349 g/mol. The van der Waals surface area contributed by atoms with E-state index in [2.05, 4.69) is 29.2 Å². The topological polar surface area (TPSA) is 39.2 Å². The van der Waals surface area contributed by atoms with E-state index < -0.39 is 7.92 Å². The summed E-state index contributed by atoms with van der Waals surface area (Å²) in [4.78, 5) is 17.1. The number of carbonyl (C=O) groups excluding carboxylic acids is 1. The molecule has 0 aliphatic carbocycles. The summed E-state index contributed by atoms with van der Waals surface area (Å²) in [5.74, 6) is -0.190. The fourth-order valence-corrected chi connectivity index (χ4v) is 5.51. The van der Waals surface area contributed by atoms with Crippen LogP contribution in [-0.2, 0) is 16.0 Å². The summed E-state index contributed by atoms with van der Waals surface area (Å²) in [5.41, 5.74) is 0.622. The van der Waals surface area contributed by atoms with Crippen LogP contribution in [0.3, 0.4) is 0 Å². The standard InChI is InChI=1S/C21H20NO2P/c1-24-21(23)20(16-17-10-8-9-15-22-17)25(18-11-4-2-5-12-18)19-13-6-3-7-14-19/h2-15,20H,16H2,1H3/t20-/m0/s1. The number of aromatic nitrogens is 1. The molecule has 0 aliphatic heterocycles. The van der Waals surface area contributed by atoms with Crippen molar-refractivity contribution in [3.63, 3.8) is 0 Å². The molecule has 0 aliphatic rings. The van der Waals surface area contributed by atoms with Gasteiger partial charge in [-0.1, -0.05) is 66.7 Å². The molecule has 0 unspecified atom stereocenters. The number of methoxy groups -OCH3 is 1. The molecule has 1 heterocycles. The van der Waals surface area contributed by atoms with Crippen molar-refractivity contribution in [2.45, 2.75) is 12.1 Å². The molecule has 0 amide bonds. The maximum Gasteiger partial charge on any atom is 0.314 e. The highest BCUT2D eigenvalue weighted by molar-refractivity contribution is 7.74. The Bertz CT molecular complexity index is 754. The van der Waals surface area contributed by atoms with Crippen LogP contribution in [-0.4, -0.2) is 23.7 Å². The lowest BCUT2D eigenvalue weighted by Gasteiger charge is -2.26. The van der Waals surface area contributed by atoms with Crippen LogP contribution in [0.25, 0.3) is 0 Å². The second-order valence-electron chi connectivity index (χ2n) is 5.61. The molecule has 0 bridgehead atoms.